The third kappa shape index (κ3) is 6.73. The molecule has 0 saturated heterocycles. The molecule has 0 radical (unpaired) electrons. The van der Waals surface area contributed by atoms with Crippen LogP contribution >= 0.6 is 8.18 Å². The van der Waals surface area contributed by atoms with Crippen molar-refractivity contribution in [1.82, 2.24) is 5.09 Å². The van der Waals surface area contributed by atoms with Gasteiger partial charge in [0, 0.05) is 0 Å². The quantitative estimate of drug-likeness (QED) is 0.431. The van der Waals surface area contributed by atoms with Crippen molar-refractivity contribution < 1.29 is 18.6 Å². The minimum absolute atomic E-state index is 0.402. The third-order valence-corrected chi connectivity index (χ3v) is 3.72. The van der Waals surface area contributed by atoms with Gasteiger partial charge in [-0.2, -0.15) is 0 Å². The lowest BCUT2D eigenvalue weighted by Gasteiger charge is -2.13. The molecule has 1 aromatic rings. The van der Waals surface area contributed by atoms with E-state index in [0.717, 1.165) is 19.3 Å². The van der Waals surface area contributed by atoms with Crippen LogP contribution in [0, 0.1) is 0 Å². The summed E-state index contributed by atoms with van der Waals surface area (Å²) >= 11 is 0. The van der Waals surface area contributed by atoms with Crippen LogP contribution in [0.2, 0.25) is 0 Å². The maximum absolute atomic E-state index is 11.7. The molecule has 5 nitrogen and oxygen atoms in total. The number of ether oxygens (including phenoxy) is 1. The van der Waals surface area contributed by atoms with E-state index in [-0.39, 0.29) is 0 Å². The van der Waals surface area contributed by atoms with Gasteiger partial charge in [0.1, 0.15) is 11.8 Å². The number of para-hydroxylation sites is 1. The Morgan fingerprint density at radius 2 is 2.00 bits per heavy atom. The minimum atomic E-state index is -2.52. The van der Waals surface area contributed by atoms with E-state index >= 15 is 0 Å². The molecule has 0 aliphatic carbocycles. The lowest BCUT2D eigenvalue weighted by molar-refractivity contribution is -0.145. The van der Waals surface area contributed by atoms with Gasteiger partial charge < -0.3 is 9.26 Å². The number of hydrogen-bond donors (Lipinski definition) is 1. The Kier molecular flexibility index (Phi) is 8.00. The van der Waals surface area contributed by atoms with Crippen molar-refractivity contribution >= 4 is 14.1 Å². The number of unbranched alkanes of at least 4 members (excludes halogenated alkanes) is 2. The maximum atomic E-state index is 11.7. The standard InChI is InChI=1S/C14H22NO4P/c1-3-4-8-11-18-14(16)12(2)15-20(17)19-13-9-6-5-7-10-13/h5-7,9-10,12,20H,3-4,8,11H2,1-2H3,(H,15,17)/t12-/m0/s1. The summed E-state index contributed by atoms with van der Waals surface area (Å²) < 4.78 is 22.0. The molecule has 6 heteroatoms. The third-order valence-electron chi connectivity index (χ3n) is 2.63. The van der Waals surface area contributed by atoms with Crippen molar-refractivity contribution in [2.24, 2.45) is 0 Å². The van der Waals surface area contributed by atoms with Crippen molar-refractivity contribution in [2.75, 3.05) is 6.61 Å². The molecule has 0 spiro atoms. The van der Waals surface area contributed by atoms with Crippen LogP contribution in [0.5, 0.6) is 5.75 Å². The molecule has 0 fully saturated rings. The van der Waals surface area contributed by atoms with Crippen molar-refractivity contribution in [3.05, 3.63) is 30.3 Å². The van der Waals surface area contributed by atoms with Gasteiger partial charge in [-0.1, -0.05) is 38.0 Å². The monoisotopic (exact) mass is 299 g/mol. The summed E-state index contributed by atoms with van der Waals surface area (Å²) in [7, 11) is -2.52. The van der Waals surface area contributed by atoms with Gasteiger partial charge in [-0.15, -0.1) is 0 Å². The molecular formula is C14H22NO4P. The van der Waals surface area contributed by atoms with E-state index in [1.54, 1.807) is 31.2 Å². The minimum Gasteiger partial charge on any atom is -0.465 e. The summed E-state index contributed by atoms with van der Waals surface area (Å²) in [6, 6.07) is 8.18. The van der Waals surface area contributed by atoms with Gasteiger partial charge in [-0.25, -0.2) is 5.09 Å². The molecule has 20 heavy (non-hydrogen) atoms. The normalized spacial score (nSPS) is 13.5. The molecular weight excluding hydrogens is 277 g/mol. The van der Waals surface area contributed by atoms with Crippen molar-refractivity contribution in [1.29, 1.82) is 0 Å². The van der Waals surface area contributed by atoms with Crippen molar-refractivity contribution in [2.45, 2.75) is 39.2 Å². The van der Waals surface area contributed by atoms with Gasteiger partial charge in [0.15, 0.2) is 0 Å². The topological polar surface area (TPSA) is 64.6 Å². The number of nitrogens with one attached hydrogen (secondary N) is 1. The van der Waals surface area contributed by atoms with Crippen molar-refractivity contribution in [3.8, 4) is 5.75 Å². The van der Waals surface area contributed by atoms with E-state index < -0.39 is 20.2 Å². The molecule has 0 amide bonds. The highest BCUT2D eigenvalue weighted by Gasteiger charge is 2.16. The van der Waals surface area contributed by atoms with E-state index in [0.29, 0.717) is 12.4 Å². The van der Waals surface area contributed by atoms with Crippen LogP contribution in [0.4, 0.5) is 0 Å². The fourth-order valence-electron chi connectivity index (χ4n) is 1.51. The second-order valence-electron chi connectivity index (χ2n) is 4.44. The van der Waals surface area contributed by atoms with Gasteiger partial charge in [0.25, 0.3) is 0 Å². The van der Waals surface area contributed by atoms with E-state index in [9.17, 15) is 9.36 Å². The maximum Gasteiger partial charge on any atom is 0.323 e. The highest BCUT2D eigenvalue weighted by molar-refractivity contribution is 7.37. The summed E-state index contributed by atoms with van der Waals surface area (Å²) in [5.41, 5.74) is 0. The van der Waals surface area contributed by atoms with Crippen LogP contribution in [0.25, 0.3) is 0 Å². The number of hydrogen-bond acceptors (Lipinski definition) is 4. The predicted molar refractivity (Wildman–Crippen MR) is 79.2 cm³/mol. The van der Waals surface area contributed by atoms with Crippen molar-refractivity contribution in [3.63, 3.8) is 0 Å². The molecule has 0 aromatic heterocycles. The lowest BCUT2D eigenvalue weighted by Crippen LogP contribution is -2.31. The SMILES string of the molecule is CCCCCOC(=O)[C@H](C)N[PH](=O)Oc1ccccc1. The van der Waals surface area contributed by atoms with E-state index in [4.69, 9.17) is 9.26 Å². The predicted octanol–water partition coefficient (Wildman–Crippen LogP) is 3.17. The molecule has 1 rings (SSSR count). The second-order valence-corrected chi connectivity index (χ2v) is 5.51. The summed E-state index contributed by atoms with van der Waals surface area (Å²) in [6.07, 6.45) is 2.96. The number of esters is 1. The summed E-state index contributed by atoms with van der Waals surface area (Å²) in [6.45, 7) is 4.09. The van der Waals surface area contributed by atoms with Crippen LogP contribution in [0.1, 0.15) is 33.1 Å². The summed E-state index contributed by atoms with van der Waals surface area (Å²) in [5, 5.41) is 2.62. The zero-order valence-electron chi connectivity index (χ0n) is 11.9. The number of benzene rings is 1. The molecule has 0 heterocycles. The summed E-state index contributed by atoms with van der Waals surface area (Å²) in [4.78, 5) is 11.6. The number of carbonyl (C=O) groups excluding carboxylic acids is 1. The molecule has 112 valence electrons. The highest BCUT2D eigenvalue weighted by atomic mass is 31.1. The van der Waals surface area contributed by atoms with E-state index in [2.05, 4.69) is 12.0 Å². The molecule has 0 aliphatic rings. The largest absolute Gasteiger partial charge is 0.465 e. The van der Waals surface area contributed by atoms with Gasteiger partial charge in [0.2, 0.25) is 0 Å². The first-order chi connectivity index (χ1) is 9.63. The van der Waals surface area contributed by atoms with E-state index in [1.807, 2.05) is 6.07 Å². The molecule has 0 saturated carbocycles. The fraction of sp³-hybridized carbons (Fsp3) is 0.500. The molecule has 1 aromatic carbocycles. The Balaban J connectivity index is 2.28. The van der Waals surface area contributed by atoms with Gasteiger partial charge in [-0.3, -0.25) is 9.36 Å². The van der Waals surface area contributed by atoms with Gasteiger partial charge in [-0.05, 0) is 25.5 Å². The Hall–Kier alpha value is -1.32. The van der Waals surface area contributed by atoms with Gasteiger partial charge >= 0.3 is 14.1 Å². The first-order valence-corrected chi connectivity index (χ1v) is 8.15. The number of rotatable bonds is 9. The highest BCUT2D eigenvalue weighted by Crippen LogP contribution is 2.23. The Bertz CT molecular complexity index is 424. The zero-order chi connectivity index (χ0) is 14.8. The Morgan fingerprint density at radius 3 is 2.65 bits per heavy atom. The fourth-order valence-corrected chi connectivity index (χ4v) is 2.39. The van der Waals surface area contributed by atoms with E-state index in [1.165, 1.54) is 0 Å². The Labute approximate surface area is 120 Å². The average Bonchev–Trinajstić information content (AvgIpc) is 2.44. The van der Waals surface area contributed by atoms with Gasteiger partial charge in [0.05, 0.1) is 6.61 Å². The molecule has 1 unspecified atom stereocenters. The molecule has 0 bridgehead atoms. The first kappa shape index (κ1) is 16.7. The zero-order valence-corrected chi connectivity index (χ0v) is 12.9. The van der Waals surface area contributed by atoms with Crippen LogP contribution in [-0.4, -0.2) is 18.6 Å². The lowest BCUT2D eigenvalue weighted by atomic mass is 10.3. The summed E-state index contributed by atoms with van der Waals surface area (Å²) in [5.74, 6) is 0.100. The van der Waals surface area contributed by atoms with Crippen LogP contribution in [0.15, 0.2) is 30.3 Å². The van der Waals surface area contributed by atoms with Crippen LogP contribution < -0.4 is 9.61 Å². The number of carbonyl (C=O) groups is 1. The van der Waals surface area contributed by atoms with Crippen LogP contribution in [-0.2, 0) is 14.1 Å². The molecule has 0 aliphatic heterocycles. The molecule has 2 atom stereocenters. The smallest absolute Gasteiger partial charge is 0.323 e. The average molecular weight is 299 g/mol. The second kappa shape index (κ2) is 9.56. The first-order valence-electron chi connectivity index (χ1n) is 6.83. The van der Waals surface area contributed by atoms with Crippen LogP contribution in [0.3, 0.4) is 0 Å². The Morgan fingerprint density at radius 1 is 1.30 bits per heavy atom. The molecule has 1 N–H and O–H groups in total.